The van der Waals surface area contributed by atoms with Crippen molar-refractivity contribution in [3.63, 3.8) is 0 Å². The van der Waals surface area contributed by atoms with Gasteiger partial charge in [-0.1, -0.05) is 45.0 Å². The van der Waals surface area contributed by atoms with Crippen LogP contribution in [0.1, 0.15) is 38.8 Å². The number of hydrogen-bond acceptors (Lipinski definition) is 4. The van der Waals surface area contributed by atoms with E-state index in [4.69, 9.17) is 14.2 Å². The van der Waals surface area contributed by atoms with Crippen LogP contribution in [-0.2, 0) is 16.8 Å². The van der Waals surface area contributed by atoms with Crippen LogP contribution in [0.15, 0.2) is 42.5 Å². The van der Waals surface area contributed by atoms with E-state index < -0.39 is 0 Å². The van der Waals surface area contributed by atoms with Crippen molar-refractivity contribution >= 4 is 5.91 Å². The van der Waals surface area contributed by atoms with Crippen molar-refractivity contribution in [1.29, 1.82) is 0 Å². The van der Waals surface area contributed by atoms with Gasteiger partial charge in [-0.25, -0.2) is 0 Å². The lowest BCUT2D eigenvalue weighted by Gasteiger charge is -2.24. The summed E-state index contributed by atoms with van der Waals surface area (Å²) in [4.78, 5) is 14.5. The number of amides is 1. The lowest BCUT2D eigenvalue weighted by molar-refractivity contribution is -0.133. The van der Waals surface area contributed by atoms with E-state index in [1.807, 2.05) is 49.4 Å². The zero-order valence-corrected chi connectivity index (χ0v) is 16.5. The first-order valence-corrected chi connectivity index (χ1v) is 9.27. The Morgan fingerprint density at radius 2 is 1.85 bits per heavy atom. The van der Waals surface area contributed by atoms with Crippen molar-refractivity contribution in [2.24, 2.45) is 0 Å². The zero-order valence-electron chi connectivity index (χ0n) is 16.5. The molecule has 0 saturated carbocycles. The molecule has 0 aliphatic carbocycles. The monoisotopic (exact) mass is 369 g/mol. The van der Waals surface area contributed by atoms with Gasteiger partial charge >= 0.3 is 0 Å². The van der Waals surface area contributed by atoms with Crippen molar-refractivity contribution in [3.05, 3.63) is 53.6 Å². The minimum Gasteiger partial charge on any atom is -0.483 e. The van der Waals surface area contributed by atoms with Crippen LogP contribution in [-0.4, -0.2) is 30.8 Å². The molecular weight excluding hydrogens is 342 g/mol. The average molecular weight is 369 g/mol. The van der Waals surface area contributed by atoms with Gasteiger partial charge in [0.1, 0.15) is 5.75 Å². The number of carbonyl (C=O) groups excluding carboxylic acids is 1. The first-order chi connectivity index (χ1) is 12.9. The molecule has 0 aromatic heterocycles. The highest BCUT2D eigenvalue weighted by molar-refractivity contribution is 5.77. The maximum absolute atomic E-state index is 12.7. The Balaban J connectivity index is 1.64. The number of carbonyl (C=O) groups is 1. The highest BCUT2D eigenvalue weighted by atomic mass is 16.7. The fourth-order valence-corrected chi connectivity index (χ4v) is 3.08. The molecule has 0 unspecified atom stereocenters. The molecule has 0 radical (unpaired) electrons. The lowest BCUT2D eigenvalue weighted by atomic mass is 9.86. The molecule has 0 atom stereocenters. The van der Waals surface area contributed by atoms with E-state index >= 15 is 0 Å². The molecule has 0 bridgehead atoms. The number of hydrogen-bond donors (Lipinski definition) is 0. The van der Waals surface area contributed by atoms with Gasteiger partial charge in [0.15, 0.2) is 18.1 Å². The average Bonchev–Trinajstić information content (AvgIpc) is 3.11. The van der Waals surface area contributed by atoms with E-state index in [9.17, 15) is 4.79 Å². The molecule has 5 nitrogen and oxygen atoms in total. The van der Waals surface area contributed by atoms with Gasteiger partial charge in [0.05, 0.1) is 0 Å². The SMILES string of the molecule is CCN(Cc1ccc2c(c1)OCO2)C(=O)COc1ccccc1C(C)(C)C. The number of rotatable bonds is 6. The summed E-state index contributed by atoms with van der Waals surface area (Å²) in [6, 6.07) is 13.7. The summed E-state index contributed by atoms with van der Waals surface area (Å²) in [5, 5.41) is 0. The third-order valence-electron chi connectivity index (χ3n) is 4.59. The highest BCUT2D eigenvalue weighted by Gasteiger charge is 2.20. The van der Waals surface area contributed by atoms with E-state index in [0.29, 0.717) is 13.1 Å². The predicted octanol–water partition coefficient (Wildman–Crippen LogP) is 4.14. The summed E-state index contributed by atoms with van der Waals surface area (Å²) < 4.78 is 16.6. The normalized spacial score (nSPS) is 12.7. The Morgan fingerprint density at radius 3 is 2.59 bits per heavy atom. The van der Waals surface area contributed by atoms with Crippen molar-refractivity contribution in [2.75, 3.05) is 19.9 Å². The van der Waals surface area contributed by atoms with E-state index in [1.54, 1.807) is 4.90 Å². The van der Waals surface area contributed by atoms with Crippen LogP contribution in [0, 0.1) is 0 Å². The van der Waals surface area contributed by atoms with Gasteiger partial charge in [-0.05, 0) is 41.7 Å². The molecule has 2 aromatic rings. The first-order valence-electron chi connectivity index (χ1n) is 9.27. The van der Waals surface area contributed by atoms with E-state index in [1.165, 1.54) is 0 Å². The molecule has 1 aliphatic rings. The molecule has 2 aromatic carbocycles. The second kappa shape index (κ2) is 7.91. The maximum Gasteiger partial charge on any atom is 0.260 e. The molecule has 5 heteroatoms. The third-order valence-corrected chi connectivity index (χ3v) is 4.59. The number of fused-ring (bicyclic) bond motifs is 1. The summed E-state index contributed by atoms with van der Waals surface area (Å²) in [6.07, 6.45) is 0. The summed E-state index contributed by atoms with van der Waals surface area (Å²) >= 11 is 0. The van der Waals surface area contributed by atoms with Crippen LogP contribution >= 0.6 is 0 Å². The minimum absolute atomic E-state index is 0.0193. The topological polar surface area (TPSA) is 48.0 Å². The molecule has 27 heavy (non-hydrogen) atoms. The molecule has 1 heterocycles. The molecule has 1 aliphatic heterocycles. The van der Waals surface area contributed by atoms with Crippen molar-refractivity contribution in [3.8, 4) is 17.2 Å². The van der Waals surface area contributed by atoms with E-state index in [2.05, 4.69) is 20.8 Å². The summed E-state index contributed by atoms with van der Waals surface area (Å²) in [5.74, 6) is 2.19. The van der Waals surface area contributed by atoms with Crippen LogP contribution in [0.3, 0.4) is 0 Å². The Bertz CT molecular complexity index is 810. The summed E-state index contributed by atoms with van der Waals surface area (Å²) in [6.45, 7) is 9.75. The van der Waals surface area contributed by atoms with Crippen LogP contribution in [0.5, 0.6) is 17.2 Å². The van der Waals surface area contributed by atoms with Gasteiger partial charge in [-0.15, -0.1) is 0 Å². The maximum atomic E-state index is 12.7. The molecule has 0 spiro atoms. The second-order valence-electron chi connectivity index (χ2n) is 7.63. The van der Waals surface area contributed by atoms with Gasteiger partial charge in [0.25, 0.3) is 5.91 Å². The Hall–Kier alpha value is -2.69. The smallest absolute Gasteiger partial charge is 0.260 e. The fourth-order valence-electron chi connectivity index (χ4n) is 3.08. The molecule has 0 N–H and O–H groups in total. The fraction of sp³-hybridized carbons (Fsp3) is 0.409. The van der Waals surface area contributed by atoms with Gasteiger partial charge in [0.2, 0.25) is 6.79 Å². The molecular formula is C22H27NO4. The number of benzene rings is 2. The number of para-hydroxylation sites is 1. The Labute approximate surface area is 160 Å². The number of nitrogens with zero attached hydrogens (tertiary/aromatic N) is 1. The number of likely N-dealkylation sites (N-methyl/N-ethyl adjacent to an activating group) is 1. The molecule has 144 valence electrons. The standard InChI is InChI=1S/C22H27NO4/c1-5-23(13-16-10-11-19-20(12-16)27-15-26-19)21(24)14-25-18-9-7-6-8-17(18)22(2,3)4/h6-12H,5,13-15H2,1-4H3. The number of ether oxygens (including phenoxy) is 3. The van der Waals surface area contributed by atoms with E-state index in [-0.39, 0.29) is 24.7 Å². The quantitative estimate of drug-likeness (QED) is 0.768. The lowest BCUT2D eigenvalue weighted by Crippen LogP contribution is -2.34. The third kappa shape index (κ3) is 4.54. The van der Waals surface area contributed by atoms with Crippen LogP contribution in [0.25, 0.3) is 0 Å². The van der Waals surface area contributed by atoms with E-state index in [0.717, 1.165) is 28.4 Å². The Morgan fingerprint density at radius 1 is 1.11 bits per heavy atom. The Kier molecular flexibility index (Phi) is 5.59. The van der Waals surface area contributed by atoms with Gasteiger partial charge < -0.3 is 19.1 Å². The zero-order chi connectivity index (χ0) is 19.4. The summed E-state index contributed by atoms with van der Waals surface area (Å²) in [5.41, 5.74) is 2.05. The second-order valence-corrected chi connectivity index (χ2v) is 7.63. The van der Waals surface area contributed by atoms with Crippen LogP contribution in [0.4, 0.5) is 0 Å². The molecule has 1 amide bonds. The first kappa shape index (κ1) is 19.1. The van der Waals surface area contributed by atoms with Gasteiger partial charge in [-0.3, -0.25) is 4.79 Å². The molecule has 3 rings (SSSR count). The van der Waals surface area contributed by atoms with Crippen molar-refractivity contribution in [2.45, 2.75) is 39.7 Å². The summed E-state index contributed by atoms with van der Waals surface area (Å²) in [7, 11) is 0. The van der Waals surface area contributed by atoms with Crippen molar-refractivity contribution < 1.29 is 19.0 Å². The largest absolute Gasteiger partial charge is 0.483 e. The molecule has 0 saturated heterocycles. The molecule has 0 fully saturated rings. The van der Waals surface area contributed by atoms with Gasteiger partial charge in [0, 0.05) is 13.1 Å². The van der Waals surface area contributed by atoms with Crippen molar-refractivity contribution in [1.82, 2.24) is 4.90 Å². The highest BCUT2D eigenvalue weighted by Crippen LogP contribution is 2.33. The van der Waals surface area contributed by atoms with Gasteiger partial charge in [-0.2, -0.15) is 0 Å². The predicted molar refractivity (Wildman–Crippen MR) is 104 cm³/mol. The van der Waals surface area contributed by atoms with Crippen LogP contribution < -0.4 is 14.2 Å². The van der Waals surface area contributed by atoms with Crippen LogP contribution in [0.2, 0.25) is 0 Å². The minimum atomic E-state index is -0.0451.